The Morgan fingerprint density at radius 3 is 1.63 bits per heavy atom. The van der Waals surface area contributed by atoms with Gasteiger partial charge in [-0.2, -0.15) is 10.5 Å². The van der Waals surface area contributed by atoms with Gasteiger partial charge in [0.15, 0.2) is 0 Å². The first-order valence-corrected chi connectivity index (χ1v) is 14.6. The highest BCUT2D eigenvalue weighted by Gasteiger charge is 2.35. The molecule has 2 aromatic rings. The lowest BCUT2D eigenvalue weighted by Crippen LogP contribution is -2.52. The summed E-state index contributed by atoms with van der Waals surface area (Å²) in [6, 6.07) is 11.0. The Labute approximate surface area is 265 Å². The molecule has 10 nitrogen and oxygen atoms in total. The van der Waals surface area contributed by atoms with Crippen LogP contribution in [0.3, 0.4) is 0 Å². The van der Waals surface area contributed by atoms with Gasteiger partial charge >= 0.3 is 12.2 Å². The number of rotatable bonds is 1. The molecule has 0 radical (unpaired) electrons. The molecule has 2 aromatic heterocycles. The zero-order valence-electron chi connectivity index (χ0n) is 23.5. The van der Waals surface area contributed by atoms with Crippen molar-refractivity contribution in [2.45, 2.75) is 70.0 Å². The standard InChI is InChI=1S/C14H17N3O2.C8H14INO2.C6H3BrN2.CH4/c1-14(2,3)19-13(18)17-8-11(9-17)12-5-4-10(6-15)7-16-12;1-8(2,3)12-7(11)10-4-6(9)5-10;7-6-2-1-5(3-8)4-9-6;/h4-5,7,11H,8-9H2,1-3H3;6H,4-5H2,1-3H3;1-2,4H;1H4. The Bertz CT molecular complexity index is 1220. The predicted molar refractivity (Wildman–Crippen MR) is 168 cm³/mol. The quantitative estimate of drug-likeness (QED) is 0.180. The molecule has 0 spiro atoms. The van der Waals surface area contributed by atoms with E-state index in [0.717, 1.165) is 23.4 Å². The minimum atomic E-state index is -0.463. The molecular weight excluding hydrogens is 703 g/mol. The lowest BCUT2D eigenvalue weighted by molar-refractivity contribution is 0.00775. The van der Waals surface area contributed by atoms with E-state index in [1.165, 1.54) is 6.20 Å². The highest BCUT2D eigenvalue weighted by Crippen LogP contribution is 2.27. The number of ether oxygens (including phenoxy) is 2. The van der Waals surface area contributed by atoms with E-state index in [0.29, 0.717) is 28.1 Å². The van der Waals surface area contributed by atoms with Crippen LogP contribution in [0, 0.1) is 22.7 Å². The number of carbonyl (C=O) groups excluding carboxylic acids is 2. The second-order valence-corrected chi connectivity index (χ2v) is 13.7. The van der Waals surface area contributed by atoms with Crippen molar-refractivity contribution >= 4 is 50.7 Å². The number of pyridine rings is 2. The summed E-state index contributed by atoms with van der Waals surface area (Å²) in [5, 5.41) is 17.0. The van der Waals surface area contributed by atoms with Crippen LogP contribution in [0.15, 0.2) is 41.3 Å². The van der Waals surface area contributed by atoms with E-state index in [1.54, 1.807) is 34.2 Å². The summed E-state index contributed by atoms with van der Waals surface area (Å²) in [4.78, 5) is 34.5. The summed E-state index contributed by atoms with van der Waals surface area (Å²) < 4.78 is 11.8. The number of likely N-dealkylation sites (tertiary alicyclic amines) is 2. The van der Waals surface area contributed by atoms with Crippen LogP contribution >= 0.6 is 38.5 Å². The first kappa shape index (κ1) is 36.1. The van der Waals surface area contributed by atoms with E-state index >= 15 is 0 Å². The zero-order valence-corrected chi connectivity index (χ0v) is 27.3. The molecule has 41 heavy (non-hydrogen) atoms. The second-order valence-electron chi connectivity index (χ2n) is 11.1. The van der Waals surface area contributed by atoms with Gasteiger partial charge in [-0.05, 0) is 81.7 Å². The van der Waals surface area contributed by atoms with Crippen molar-refractivity contribution in [2.75, 3.05) is 26.2 Å². The molecule has 0 saturated carbocycles. The molecule has 2 saturated heterocycles. The van der Waals surface area contributed by atoms with E-state index in [-0.39, 0.29) is 31.1 Å². The van der Waals surface area contributed by atoms with Crippen molar-refractivity contribution in [3.63, 3.8) is 0 Å². The maximum Gasteiger partial charge on any atom is 0.410 e. The zero-order chi connectivity index (χ0) is 30.1. The molecule has 0 aliphatic carbocycles. The maximum atomic E-state index is 11.8. The van der Waals surface area contributed by atoms with Crippen LogP contribution in [0.4, 0.5) is 9.59 Å². The van der Waals surface area contributed by atoms with Crippen LogP contribution < -0.4 is 0 Å². The van der Waals surface area contributed by atoms with Crippen LogP contribution in [-0.4, -0.2) is 73.3 Å². The first-order chi connectivity index (χ1) is 18.6. The van der Waals surface area contributed by atoms with Gasteiger partial charge in [0.2, 0.25) is 0 Å². The number of alkyl halides is 1. The molecule has 2 amide bonds. The minimum Gasteiger partial charge on any atom is -0.444 e. The van der Waals surface area contributed by atoms with E-state index < -0.39 is 5.60 Å². The highest BCUT2D eigenvalue weighted by atomic mass is 127. The summed E-state index contributed by atoms with van der Waals surface area (Å²) in [5.74, 6) is 0.236. The second kappa shape index (κ2) is 15.9. The summed E-state index contributed by atoms with van der Waals surface area (Å²) in [6.45, 7) is 14.1. The lowest BCUT2D eigenvalue weighted by atomic mass is 9.96. The van der Waals surface area contributed by atoms with E-state index in [9.17, 15) is 9.59 Å². The largest absolute Gasteiger partial charge is 0.444 e. The molecule has 2 aliphatic heterocycles. The Morgan fingerprint density at radius 1 is 0.854 bits per heavy atom. The summed E-state index contributed by atoms with van der Waals surface area (Å²) >= 11 is 5.48. The van der Waals surface area contributed by atoms with E-state index in [1.807, 2.05) is 59.7 Å². The van der Waals surface area contributed by atoms with Crippen molar-refractivity contribution in [3.8, 4) is 12.1 Å². The Hall–Kier alpha value is -2.97. The van der Waals surface area contributed by atoms with Gasteiger partial charge in [0.25, 0.3) is 0 Å². The topological polar surface area (TPSA) is 132 Å². The predicted octanol–water partition coefficient (Wildman–Crippen LogP) is 6.68. The molecular formula is C29H38BrIN6O4. The smallest absolute Gasteiger partial charge is 0.410 e. The normalized spacial score (nSPS) is 14.6. The number of halogens is 2. The summed E-state index contributed by atoms with van der Waals surface area (Å²) in [7, 11) is 0. The molecule has 4 rings (SSSR count). The van der Waals surface area contributed by atoms with Gasteiger partial charge in [0, 0.05) is 54.1 Å². The molecule has 0 N–H and O–H groups in total. The van der Waals surface area contributed by atoms with Gasteiger partial charge in [-0.3, -0.25) is 4.98 Å². The Kier molecular flexibility index (Phi) is 14.0. The average Bonchev–Trinajstić information content (AvgIpc) is 2.80. The van der Waals surface area contributed by atoms with E-state index in [4.69, 9.17) is 20.0 Å². The van der Waals surface area contributed by atoms with Gasteiger partial charge in [-0.15, -0.1) is 0 Å². The van der Waals surface area contributed by atoms with Gasteiger partial charge < -0.3 is 19.3 Å². The number of nitriles is 2. The fourth-order valence-corrected chi connectivity index (χ4v) is 4.38. The van der Waals surface area contributed by atoms with E-state index in [2.05, 4.69) is 48.5 Å². The van der Waals surface area contributed by atoms with Crippen molar-refractivity contribution in [3.05, 3.63) is 58.1 Å². The van der Waals surface area contributed by atoms with Crippen molar-refractivity contribution < 1.29 is 19.1 Å². The Balaban J connectivity index is 0.000000329. The van der Waals surface area contributed by atoms with Crippen LogP contribution in [-0.2, 0) is 9.47 Å². The van der Waals surface area contributed by atoms with Gasteiger partial charge in [-0.25, -0.2) is 14.6 Å². The number of aromatic nitrogens is 2. The Morgan fingerprint density at radius 2 is 1.29 bits per heavy atom. The number of amides is 2. The van der Waals surface area contributed by atoms with Crippen LogP contribution in [0.25, 0.3) is 0 Å². The molecule has 0 atom stereocenters. The van der Waals surface area contributed by atoms with Crippen molar-refractivity contribution in [1.29, 1.82) is 10.5 Å². The van der Waals surface area contributed by atoms with Crippen LogP contribution in [0.5, 0.6) is 0 Å². The van der Waals surface area contributed by atoms with Crippen LogP contribution in [0.2, 0.25) is 0 Å². The highest BCUT2D eigenvalue weighted by molar-refractivity contribution is 14.1. The number of nitrogens with zero attached hydrogens (tertiary/aromatic N) is 6. The number of carbonyl (C=O) groups is 2. The molecule has 0 aromatic carbocycles. The molecule has 0 bridgehead atoms. The molecule has 0 unspecified atom stereocenters. The fourth-order valence-electron chi connectivity index (χ4n) is 3.20. The van der Waals surface area contributed by atoms with Crippen molar-refractivity contribution in [2.24, 2.45) is 0 Å². The van der Waals surface area contributed by atoms with Gasteiger partial charge in [0.1, 0.15) is 27.9 Å². The van der Waals surface area contributed by atoms with Gasteiger partial charge in [-0.1, -0.05) is 30.0 Å². The van der Waals surface area contributed by atoms with Crippen LogP contribution in [0.1, 0.15) is 71.7 Å². The van der Waals surface area contributed by atoms with Crippen molar-refractivity contribution in [1.82, 2.24) is 19.8 Å². The third-order valence-corrected chi connectivity index (χ3v) is 6.47. The summed E-state index contributed by atoms with van der Waals surface area (Å²) in [5.41, 5.74) is 1.21. The number of hydrogen-bond acceptors (Lipinski definition) is 8. The fraction of sp³-hybridized carbons (Fsp3) is 0.517. The SMILES string of the molecule is C.CC(C)(C)OC(=O)N1CC(I)C1.CC(C)(C)OC(=O)N1CC(c2ccc(C#N)cn2)C1.N#Cc1ccc(Br)nc1. The molecule has 2 fully saturated rings. The lowest BCUT2D eigenvalue weighted by Gasteiger charge is -2.39. The third kappa shape index (κ3) is 13.0. The van der Waals surface area contributed by atoms with Gasteiger partial charge in [0.05, 0.1) is 11.1 Å². The monoisotopic (exact) mass is 740 g/mol. The first-order valence-electron chi connectivity index (χ1n) is 12.6. The summed E-state index contributed by atoms with van der Waals surface area (Å²) in [6.07, 6.45) is 2.61. The number of hydrogen-bond donors (Lipinski definition) is 0. The molecule has 12 heteroatoms. The average molecular weight is 741 g/mol. The molecule has 2 aliphatic rings. The molecule has 4 heterocycles. The maximum absolute atomic E-state index is 11.8. The third-order valence-electron chi connectivity index (χ3n) is 5.21. The molecule has 222 valence electrons. The minimum absolute atomic E-state index is 0.